The first-order valence-electron chi connectivity index (χ1n) is 8.21. The number of anilines is 2. The number of benzene rings is 2. The van der Waals surface area contributed by atoms with Crippen LogP contribution in [-0.4, -0.2) is 22.8 Å². The van der Waals surface area contributed by atoms with Gasteiger partial charge in [-0.2, -0.15) is 0 Å². The first-order chi connectivity index (χ1) is 12.1. The number of aromatic nitrogens is 1. The molecule has 1 N–H and O–H groups in total. The zero-order valence-corrected chi connectivity index (χ0v) is 14.4. The minimum atomic E-state index is -0.0257. The molecule has 0 atom stereocenters. The van der Waals surface area contributed by atoms with E-state index >= 15 is 0 Å². The molecule has 1 aromatic heterocycles. The van der Waals surface area contributed by atoms with Gasteiger partial charge < -0.3 is 10.2 Å². The lowest BCUT2D eigenvalue weighted by Crippen LogP contribution is -2.27. The van der Waals surface area contributed by atoms with E-state index in [1.165, 1.54) is 0 Å². The summed E-state index contributed by atoms with van der Waals surface area (Å²) in [7, 11) is 1.81. The largest absolute Gasteiger partial charge is 0.355 e. The monoisotopic (exact) mass is 331 g/mol. The molecule has 1 heterocycles. The molecule has 25 heavy (non-hydrogen) atoms. The number of rotatable bonds is 5. The molecule has 3 aromatic rings. The molecule has 2 aromatic carbocycles. The molecule has 1 amide bonds. The first-order valence-corrected chi connectivity index (χ1v) is 8.21. The van der Waals surface area contributed by atoms with Crippen LogP contribution in [0.2, 0.25) is 0 Å². The summed E-state index contributed by atoms with van der Waals surface area (Å²) in [6.45, 7) is 2.55. The second kappa shape index (κ2) is 7.62. The molecule has 0 saturated heterocycles. The van der Waals surface area contributed by atoms with Crippen molar-refractivity contribution in [3.63, 3.8) is 0 Å². The number of hydrogen-bond acceptors (Lipinski definition) is 3. The highest BCUT2D eigenvalue weighted by molar-refractivity contribution is 6.00. The van der Waals surface area contributed by atoms with Gasteiger partial charge in [-0.3, -0.25) is 9.78 Å². The molecule has 0 spiro atoms. The van der Waals surface area contributed by atoms with E-state index in [1.807, 2.05) is 80.8 Å². The van der Waals surface area contributed by atoms with Crippen LogP contribution < -0.4 is 5.32 Å². The van der Waals surface area contributed by atoms with Gasteiger partial charge in [0.1, 0.15) is 0 Å². The van der Waals surface area contributed by atoms with E-state index < -0.39 is 0 Å². The van der Waals surface area contributed by atoms with Crippen molar-refractivity contribution in [3.8, 4) is 0 Å². The third kappa shape index (κ3) is 4.04. The third-order valence-corrected chi connectivity index (χ3v) is 4.11. The average Bonchev–Trinajstić information content (AvgIpc) is 2.64. The second-order valence-corrected chi connectivity index (χ2v) is 6.00. The number of carbonyl (C=O) groups excluding carboxylic acids is 1. The molecule has 126 valence electrons. The maximum atomic E-state index is 12.9. The van der Waals surface area contributed by atoms with E-state index in [0.717, 1.165) is 22.5 Å². The molecule has 0 aliphatic heterocycles. The Labute approximate surface area is 148 Å². The fourth-order valence-corrected chi connectivity index (χ4v) is 2.65. The quantitative estimate of drug-likeness (QED) is 0.753. The molecule has 0 bridgehead atoms. The van der Waals surface area contributed by atoms with Gasteiger partial charge in [0.05, 0.1) is 11.3 Å². The predicted octanol–water partition coefficient (Wildman–Crippen LogP) is 4.41. The van der Waals surface area contributed by atoms with Crippen LogP contribution in [0.5, 0.6) is 0 Å². The van der Waals surface area contributed by atoms with Crippen LogP contribution in [-0.2, 0) is 6.54 Å². The van der Waals surface area contributed by atoms with Gasteiger partial charge in [0.15, 0.2) is 0 Å². The minimum absolute atomic E-state index is 0.0257. The fraction of sp³-hybridized carbons (Fsp3) is 0.143. The Morgan fingerprint density at radius 2 is 1.76 bits per heavy atom. The van der Waals surface area contributed by atoms with Gasteiger partial charge >= 0.3 is 0 Å². The summed E-state index contributed by atoms with van der Waals surface area (Å²) in [6, 6.07) is 19.4. The Balaban J connectivity index is 1.81. The highest BCUT2D eigenvalue weighted by Gasteiger charge is 2.16. The van der Waals surface area contributed by atoms with Crippen molar-refractivity contribution >= 4 is 17.3 Å². The van der Waals surface area contributed by atoms with Gasteiger partial charge in [0, 0.05) is 31.7 Å². The van der Waals surface area contributed by atoms with Crippen molar-refractivity contribution in [2.45, 2.75) is 13.5 Å². The minimum Gasteiger partial charge on any atom is -0.355 e. The summed E-state index contributed by atoms with van der Waals surface area (Å²) in [5, 5.41) is 3.32. The normalized spacial score (nSPS) is 10.3. The summed E-state index contributed by atoms with van der Waals surface area (Å²) in [6.07, 6.45) is 3.58. The number of nitrogens with zero attached hydrogens (tertiary/aromatic N) is 2. The van der Waals surface area contributed by atoms with Crippen LogP contribution in [0.15, 0.2) is 73.1 Å². The van der Waals surface area contributed by atoms with Crippen molar-refractivity contribution < 1.29 is 4.79 Å². The fourth-order valence-electron chi connectivity index (χ4n) is 2.65. The Bertz CT molecular complexity index is 862. The number of para-hydroxylation sites is 2. The first kappa shape index (κ1) is 16.7. The van der Waals surface area contributed by atoms with Crippen molar-refractivity contribution in [1.29, 1.82) is 0 Å². The summed E-state index contributed by atoms with van der Waals surface area (Å²) < 4.78 is 0. The number of aryl methyl sites for hydroxylation is 1. The van der Waals surface area contributed by atoms with Gasteiger partial charge in [-0.1, -0.05) is 30.3 Å². The van der Waals surface area contributed by atoms with Gasteiger partial charge in [-0.05, 0) is 48.4 Å². The van der Waals surface area contributed by atoms with Gasteiger partial charge in [0.25, 0.3) is 5.91 Å². The molecule has 0 saturated carbocycles. The summed E-state index contributed by atoms with van der Waals surface area (Å²) in [5.41, 5.74) is 4.58. The summed E-state index contributed by atoms with van der Waals surface area (Å²) >= 11 is 0. The molecule has 3 rings (SSSR count). The van der Waals surface area contributed by atoms with Crippen molar-refractivity contribution in [2.24, 2.45) is 0 Å². The second-order valence-electron chi connectivity index (χ2n) is 6.00. The van der Waals surface area contributed by atoms with Crippen LogP contribution in [0.1, 0.15) is 21.5 Å². The number of pyridine rings is 1. The maximum Gasteiger partial charge on any atom is 0.256 e. The third-order valence-electron chi connectivity index (χ3n) is 4.11. The highest BCUT2D eigenvalue weighted by Crippen LogP contribution is 2.22. The lowest BCUT2D eigenvalue weighted by atomic mass is 10.1. The van der Waals surface area contributed by atoms with Crippen LogP contribution in [0.4, 0.5) is 11.4 Å². The van der Waals surface area contributed by atoms with E-state index in [2.05, 4.69) is 10.3 Å². The topological polar surface area (TPSA) is 45.2 Å². The van der Waals surface area contributed by atoms with Crippen molar-refractivity contribution in [2.75, 3.05) is 12.4 Å². The van der Waals surface area contributed by atoms with Crippen molar-refractivity contribution in [1.82, 2.24) is 9.88 Å². The van der Waals surface area contributed by atoms with E-state index in [0.29, 0.717) is 12.1 Å². The van der Waals surface area contributed by atoms with E-state index in [4.69, 9.17) is 0 Å². The number of nitrogens with one attached hydrogen (secondary N) is 1. The van der Waals surface area contributed by atoms with E-state index in [1.54, 1.807) is 11.1 Å². The van der Waals surface area contributed by atoms with Gasteiger partial charge in [0.2, 0.25) is 0 Å². The molecule has 0 aliphatic rings. The molecule has 0 fully saturated rings. The number of amides is 1. The summed E-state index contributed by atoms with van der Waals surface area (Å²) in [4.78, 5) is 18.8. The molecule has 0 unspecified atom stereocenters. The highest BCUT2D eigenvalue weighted by atomic mass is 16.2. The Kier molecular flexibility index (Phi) is 5.09. The van der Waals surface area contributed by atoms with Crippen LogP contribution in [0.25, 0.3) is 0 Å². The Hall–Kier alpha value is -3.14. The van der Waals surface area contributed by atoms with E-state index in [9.17, 15) is 4.79 Å². The van der Waals surface area contributed by atoms with E-state index in [-0.39, 0.29) is 5.91 Å². The molecule has 0 aliphatic carbocycles. The van der Waals surface area contributed by atoms with Crippen molar-refractivity contribution in [3.05, 3.63) is 89.7 Å². The Morgan fingerprint density at radius 3 is 2.52 bits per heavy atom. The van der Waals surface area contributed by atoms with Gasteiger partial charge in [-0.15, -0.1) is 0 Å². The smallest absolute Gasteiger partial charge is 0.256 e. The Morgan fingerprint density at radius 1 is 1.04 bits per heavy atom. The SMILES string of the molecule is Cc1ccncc1CN(C)C(=O)c1ccccc1Nc1ccccc1. The number of carbonyl (C=O) groups is 1. The molecular weight excluding hydrogens is 310 g/mol. The molecule has 0 radical (unpaired) electrons. The summed E-state index contributed by atoms with van der Waals surface area (Å²) in [5.74, 6) is -0.0257. The maximum absolute atomic E-state index is 12.9. The standard InChI is InChI=1S/C21H21N3O/c1-16-12-13-22-14-17(16)15-24(2)21(25)19-10-6-7-11-20(19)23-18-8-4-3-5-9-18/h3-14,23H,15H2,1-2H3. The average molecular weight is 331 g/mol. The zero-order valence-electron chi connectivity index (χ0n) is 14.4. The molecule has 4 heteroatoms. The lowest BCUT2D eigenvalue weighted by Gasteiger charge is -2.20. The molecular formula is C21H21N3O. The lowest BCUT2D eigenvalue weighted by molar-refractivity contribution is 0.0786. The molecule has 4 nitrogen and oxygen atoms in total. The predicted molar refractivity (Wildman–Crippen MR) is 101 cm³/mol. The van der Waals surface area contributed by atoms with Crippen LogP contribution >= 0.6 is 0 Å². The van der Waals surface area contributed by atoms with Crippen LogP contribution in [0, 0.1) is 6.92 Å². The zero-order chi connectivity index (χ0) is 17.6. The van der Waals surface area contributed by atoms with Crippen LogP contribution in [0.3, 0.4) is 0 Å². The van der Waals surface area contributed by atoms with Gasteiger partial charge in [-0.25, -0.2) is 0 Å². The number of hydrogen-bond donors (Lipinski definition) is 1.